The molecule has 1 amide bonds. The number of rotatable bonds is 6. The second-order valence-corrected chi connectivity index (χ2v) is 8.41. The van der Waals surface area contributed by atoms with Crippen LogP contribution < -0.4 is 14.4 Å². The lowest BCUT2D eigenvalue weighted by atomic mass is 9.99. The monoisotopic (exact) mass is 446 g/mol. The number of amides is 1. The number of carbonyl (C=O) groups excluding carboxylic acids is 1. The summed E-state index contributed by atoms with van der Waals surface area (Å²) in [5.74, 6) is 1.96. The van der Waals surface area contributed by atoms with Crippen LogP contribution in [0.4, 0.5) is 5.95 Å². The SMILES string of the molecule is COc1cccc(-c2cnc(N(C)C)nc2C2CCCN2C(=O)c2cccc(C)c2OC)c1. The average molecular weight is 447 g/mol. The molecule has 3 aromatic rings. The molecular formula is C26H30N4O3. The third-order valence-corrected chi connectivity index (χ3v) is 6.06. The second kappa shape index (κ2) is 9.48. The zero-order valence-electron chi connectivity index (χ0n) is 19.8. The van der Waals surface area contributed by atoms with E-state index in [1.54, 1.807) is 14.2 Å². The molecule has 1 aromatic heterocycles. The maximum atomic E-state index is 13.7. The van der Waals surface area contributed by atoms with E-state index in [9.17, 15) is 4.79 Å². The molecule has 0 aliphatic carbocycles. The fraction of sp³-hybridized carbons (Fsp3) is 0.346. The van der Waals surface area contributed by atoms with Gasteiger partial charge in [0.2, 0.25) is 5.95 Å². The number of nitrogens with zero attached hydrogens (tertiary/aromatic N) is 4. The van der Waals surface area contributed by atoms with Crippen LogP contribution in [0.1, 0.15) is 40.5 Å². The van der Waals surface area contributed by atoms with Crippen LogP contribution in [0, 0.1) is 6.92 Å². The number of methoxy groups -OCH3 is 2. The molecular weight excluding hydrogens is 416 g/mol. The molecule has 172 valence electrons. The lowest BCUT2D eigenvalue weighted by Gasteiger charge is -2.27. The van der Waals surface area contributed by atoms with Crippen molar-refractivity contribution in [2.45, 2.75) is 25.8 Å². The molecule has 1 unspecified atom stereocenters. The van der Waals surface area contributed by atoms with Crippen LogP contribution in [0.15, 0.2) is 48.7 Å². The Morgan fingerprint density at radius 3 is 2.64 bits per heavy atom. The number of benzene rings is 2. The van der Waals surface area contributed by atoms with Crippen molar-refractivity contribution < 1.29 is 14.3 Å². The fourth-order valence-electron chi connectivity index (χ4n) is 4.41. The predicted octanol–water partition coefficient (Wildman–Crippen LogP) is 4.51. The van der Waals surface area contributed by atoms with Gasteiger partial charge in [-0.05, 0) is 49.1 Å². The van der Waals surface area contributed by atoms with Crippen molar-refractivity contribution in [1.82, 2.24) is 14.9 Å². The van der Waals surface area contributed by atoms with Gasteiger partial charge in [-0.15, -0.1) is 0 Å². The first-order valence-electron chi connectivity index (χ1n) is 11.1. The van der Waals surface area contributed by atoms with Crippen LogP contribution in [0.25, 0.3) is 11.1 Å². The topological polar surface area (TPSA) is 67.8 Å². The van der Waals surface area contributed by atoms with E-state index in [-0.39, 0.29) is 11.9 Å². The minimum absolute atomic E-state index is 0.0420. The van der Waals surface area contributed by atoms with Crippen LogP contribution >= 0.6 is 0 Å². The Morgan fingerprint density at radius 1 is 1.12 bits per heavy atom. The highest BCUT2D eigenvalue weighted by molar-refractivity contribution is 5.98. The van der Waals surface area contributed by atoms with E-state index in [4.69, 9.17) is 14.5 Å². The zero-order valence-corrected chi connectivity index (χ0v) is 19.8. The summed E-state index contributed by atoms with van der Waals surface area (Å²) in [5.41, 5.74) is 4.23. The number of hydrogen-bond donors (Lipinski definition) is 0. The van der Waals surface area contributed by atoms with Gasteiger partial charge in [0.05, 0.1) is 31.5 Å². The van der Waals surface area contributed by atoms with Gasteiger partial charge in [-0.3, -0.25) is 4.79 Å². The molecule has 0 bridgehead atoms. The fourth-order valence-corrected chi connectivity index (χ4v) is 4.41. The standard InChI is InChI=1S/C26H30N4O3/c1-17-9-6-12-20(24(17)33-5)25(31)30-14-8-13-22(30)23-21(16-27-26(28-23)29(2)3)18-10-7-11-19(15-18)32-4/h6-7,9-12,15-16,22H,8,13-14H2,1-5H3. The maximum Gasteiger partial charge on any atom is 0.258 e. The highest BCUT2D eigenvalue weighted by Gasteiger charge is 2.35. The Balaban J connectivity index is 1.80. The largest absolute Gasteiger partial charge is 0.497 e. The molecule has 0 radical (unpaired) electrons. The third-order valence-electron chi connectivity index (χ3n) is 6.06. The summed E-state index contributed by atoms with van der Waals surface area (Å²) < 4.78 is 11.0. The minimum Gasteiger partial charge on any atom is -0.497 e. The molecule has 33 heavy (non-hydrogen) atoms. The summed E-state index contributed by atoms with van der Waals surface area (Å²) in [6, 6.07) is 13.4. The van der Waals surface area contributed by atoms with Gasteiger partial charge in [-0.1, -0.05) is 24.3 Å². The van der Waals surface area contributed by atoms with E-state index in [2.05, 4.69) is 4.98 Å². The number of carbonyl (C=O) groups is 1. The van der Waals surface area contributed by atoms with Crippen LogP contribution in [-0.4, -0.2) is 55.6 Å². The Kier molecular flexibility index (Phi) is 6.49. The number of hydrogen-bond acceptors (Lipinski definition) is 6. The van der Waals surface area contributed by atoms with E-state index >= 15 is 0 Å². The Bertz CT molecular complexity index is 1160. The van der Waals surface area contributed by atoms with Crippen molar-refractivity contribution >= 4 is 11.9 Å². The number of aromatic nitrogens is 2. The summed E-state index contributed by atoms with van der Waals surface area (Å²) in [5, 5.41) is 0. The van der Waals surface area contributed by atoms with Crippen LogP contribution in [0.3, 0.4) is 0 Å². The van der Waals surface area contributed by atoms with Gasteiger partial charge in [-0.25, -0.2) is 9.97 Å². The summed E-state index contributed by atoms with van der Waals surface area (Å²) in [7, 11) is 7.09. The van der Waals surface area contributed by atoms with Crippen LogP contribution in [-0.2, 0) is 0 Å². The molecule has 1 saturated heterocycles. The van der Waals surface area contributed by atoms with Gasteiger partial charge < -0.3 is 19.3 Å². The van der Waals surface area contributed by atoms with Crippen molar-refractivity contribution in [1.29, 1.82) is 0 Å². The van der Waals surface area contributed by atoms with Crippen molar-refractivity contribution in [3.8, 4) is 22.6 Å². The minimum atomic E-state index is -0.161. The zero-order chi connectivity index (χ0) is 23.5. The van der Waals surface area contributed by atoms with Gasteiger partial charge in [0.1, 0.15) is 11.5 Å². The first-order chi connectivity index (χ1) is 15.9. The summed E-state index contributed by atoms with van der Waals surface area (Å²) >= 11 is 0. The smallest absolute Gasteiger partial charge is 0.258 e. The first-order valence-corrected chi connectivity index (χ1v) is 11.1. The van der Waals surface area contributed by atoms with E-state index in [0.29, 0.717) is 23.8 Å². The van der Waals surface area contributed by atoms with Gasteiger partial charge in [0, 0.05) is 32.4 Å². The van der Waals surface area contributed by atoms with Gasteiger partial charge in [0.25, 0.3) is 5.91 Å². The quantitative estimate of drug-likeness (QED) is 0.555. The lowest BCUT2D eigenvalue weighted by Crippen LogP contribution is -2.32. The number of likely N-dealkylation sites (tertiary alicyclic amines) is 1. The van der Waals surface area contributed by atoms with Crippen molar-refractivity contribution in [3.05, 3.63) is 65.5 Å². The highest BCUT2D eigenvalue weighted by Crippen LogP contribution is 2.39. The number of aryl methyl sites for hydroxylation is 1. The van der Waals surface area contributed by atoms with Crippen molar-refractivity contribution in [2.24, 2.45) is 0 Å². The number of anilines is 1. The van der Waals surface area contributed by atoms with Crippen LogP contribution in [0.2, 0.25) is 0 Å². The molecule has 1 aliphatic heterocycles. The first kappa shape index (κ1) is 22.6. The van der Waals surface area contributed by atoms with Gasteiger partial charge in [0.15, 0.2) is 0 Å². The molecule has 7 heteroatoms. The maximum absolute atomic E-state index is 13.7. The van der Waals surface area contributed by atoms with Gasteiger partial charge in [-0.2, -0.15) is 0 Å². The van der Waals surface area contributed by atoms with E-state index in [0.717, 1.165) is 41.0 Å². The van der Waals surface area contributed by atoms with E-state index in [1.165, 1.54) is 0 Å². The Morgan fingerprint density at radius 2 is 1.91 bits per heavy atom. The molecule has 1 fully saturated rings. The number of para-hydroxylation sites is 1. The third kappa shape index (κ3) is 4.35. The molecule has 0 N–H and O–H groups in total. The highest BCUT2D eigenvalue weighted by atomic mass is 16.5. The molecule has 2 aromatic carbocycles. The van der Waals surface area contributed by atoms with E-state index < -0.39 is 0 Å². The molecule has 0 spiro atoms. The summed E-state index contributed by atoms with van der Waals surface area (Å²) in [4.78, 5) is 27.0. The number of ether oxygens (including phenoxy) is 2. The molecule has 4 rings (SSSR count). The molecule has 0 saturated carbocycles. The Hall–Kier alpha value is -3.61. The second-order valence-electron chi connectivity index (χ2n) is 8.41. The summed E-state index contributed by atoms with van der Waals surface area (Å²) in [6.45, 7) is 2.62. The van der Waals surface area contributed by atoms with Gasteiger partial charge >= 0.3 is 0 Å². The average Bonchev–Trinajstić information content (AvgIpc) is 3.33. The van der Waals surface area contributed by atoms with Crippen LogP contribution in [0.5, 0.6) is 11.5 Å². The normalized spacial score (nSPS) is 15.4. The molecule has 7 nitrogen and oxygen atoms in total. The summed E-state index contributed by atoms with van der Waals surface area (Å²) in [6.07, 6.45) is 3.59. The van der Waals surface area contributed by atoms with E-state index in [1.807, 2.05) is 79.5 Å². The molecule has 1 atom stereocenters. The predicted molar refractivity (Wildman–Crippen MR) is 129 cm³/mol. The Labute approximate surface area is 195 Å². The molecule has 2 heterocycles. The lowest BCUT2D eigenvalue weighted by molar-refractivity contribution is 0.0729. The molecule has 1 aliphatic rings. The van der Waals surface area contributed by atoms with Crippen molar-refractivity contribution in [3.63, 3.8) is 0 Å². The van der Waals surface area contributed by atoms with Crippen molar-refractivity contribution in [2.75, 3.05) is 39.8 Å².